The summed E-state index contributed by atoms with van der Waals surface area (Å²) in [5.74, 6) is 0. The van der Waals surface area contributed by atoms with E-state index in [-0.39, 0.29) is 12.7 Å². The van der Waals surface area contributed by atoms with Gasteiger partial charge in [0.05, 0.1) is 12.7 Å². The highest BCUT2D eigenvalue weighted by Crippen LogP contribution is 2.12. The molecule has 0 saturated heterocycles. The summed E-state index contributed by atoms with van der Waals surface area (Å²) in [5.41, 5.74) is 0. The summed E-state index contributed by atoms with van der Waals surface area (Å²) < 4.78 is 5.45. The van der Waals surface area contributed by atoms with Crippen LogP contribution in [0.15, 0.2) is 0 Å². The minimum Gasteiger partial charge on any atom is -0.394 e. The van der Waals surface area contributed by atoms with Crippen molar-refractivity contribution < 1.29 is 9.84 Å². The zero-order valence-electron chi connectivity index (χ0n) is 14.7. The molecule has 1 atom stereocenters. The molecule has 0 aliphatic carbocycles. The lowest BCUT2D eigenvalue weighted by Gasteiger charge is -2.09. The molecular formula is C19H40O2. The maximum Gasteiger partial charge on any atom is 0.0777 e. The van der Waals surface area contributed by atoms with Gasteiger partial charge in [-0.25, -0.2) is 0 Å². The Morgan fingerprint density at radius 3 is 1.43 bits per heavy atom. The molecule has 21 heavy (non-hydrogen) atoms. The molecule has 0 amide bonds. The van der Waals surface area contributed by atoms with Gasteiger partial charge >= 0.3 is 0 Å². The van der Waals surface area contributed by atoms with E-state index in [1.165, 1.54) is 83.5 Å². The van der Waals surface area contributed by atoms with Crippen LogP contribution in [0.3, 0.4) is 0 Å². The molecule has 0 aliphatic heterocycles. The molecule has 2 nitrogen and oxygen atoms in total. The molecule has 0 saturated carbocycles. The Morgan fingerprint density at radius 2 is 1.05 bits per heavy atom. The molecule has 0 aromatic carbocycles. The van der Waals surface area contributed by atoms with E-state index in [9.17, 15) is 0 Å². The number of ether oxygens (including phenoxy) is 1. The summed E-state index contributed by atoms with van der Waals surface area (Å²) in [6.45, 7) is 5.14. The topological polar surface area (TPSA) is 29.5 Å². The van der Waals surface area contributed by atoms with Crippen LogP contribution in [0.1, 0.15) is 104 Å². The molecule has 1 N–H and O–H groups in total. The van der Waals surface area contributed by atoms with Gasteiger partial charge in [-0.15, -0.1) is 0 Å². The van der Waals surface area contributed by atoms with Gasteiger partial charge in [-0.1, -0.05) is 90.4 Å². The molecule has 0 radical (unpaired) electrons. The number of aliphatic hydroxyl groups is 1. The molecular weight excluding hydrogens is 260 g/mol. The SMILES string of the molecule is CCCCCCCCCCCCCCCCOC(C)CO. The molecule has 0 fully saturated rings. The average molecular weight is 301 g/mol. The molecule has 0 heterocycles. The second-order valence-corrected chi connectivity index (χ2v) is 6.46. The van der Waals surface area contributed by atoms with Gasteiger partial charge in [0.2, 0.25) is 0 Å². The van der Waals surface area contributed by atoms with Crippen molar-refractivity contribution in [1.29, 1.82) is 0 Å². The van der Waals surface area contributed by atoms with E-state index >= 15 is 0 Å². The molecule has 0 bridgehead atoms. The first kappa shape index (κ1) is 20.9. The zero-order chi connectivity index (χ0) is 15.6. The van der Waals surface area contributed by atoms with Crippen LogP contribution in [0.4, 0.5) is 0 Å². The molecule has 0 aromatic heterocycles. The van der Waals surface area contributed by atoms with E-state index in [2.05, 4.69) is 6.92 Å². The summed E-state index contributed by atoms with van der Waals surface area (Å²) in [6.07, 6.45) is 19.4. The van der Waals surface area contributed by atoms with Crippen LogP contribution in [0.25, 0.3) is 0 Å². The van der Waals surface area contributed by atoms with Gasteiger partial charge in [-0.2, -0.15) is 0 Å². The third-order valence-electron chi connectivity index (χ3n) is 4.16. The van der Waals surface area contributed by atoms with Crippen LogP contribution in [-0.2, 0) is 4.74 Å². The Balaban J connectivity index is 2.96. The van der Waals surface area contributed by atoms with Gasteiger partial charge in [0.15, 0.2) is 0 Å². The monoisotopic (exact) mass is 300 g/mol. The molecule has 128 valence electrons. The van der Waals surface area contributed by atoms with Gasteiger partial charge in [-0.3, -0.25) is 0 Å². The maximum absolute atomic E-state index is 8.83. The first-order valence-electron chi connectivity index (χ1n) is 9.53. The van der Waals surface area contributed by atoms with E-state index < -0.39 is 0 Å². The number of hydrogen-bond donors (Lipinski definition) is 1. The smallest absolute Gasteiger partial charge is 0.0777 e. The van der Waals surface area contributed by atoms with E-state index in [0.29, 0.717) is 0 Å². The van der Waals surface area contributed by atoms with Crippen LogP contribution < -0.4 is 0 Å². The molecule has 0 aromatic rings. The lowest BCUT2D eigenvalue weighted by Crippen LogP contribution is -2.13. The Morgan fingerprint density at radius 1 is 0.667 bits per heavy atom. The number of unbranched alkanes of at least 4 members (excludes halogenated alkanes) is 13. The summed E-state index contributed by atoms with van der Waals surface area (Å²) in [5, 5.41) is 8.83. The maximum atomic E-state index is 8.83. The highest BCUT2D eigenvalue weighted by atomic mass is 16.5. The van der Waals surface area contributed by atoms with Crippen LogP contribution in [0.2, 0.25) is 0 Å². The predicted octanol–water partition coefficient (Wildman–Crippen LogP) is 5.87. The first-order chi connectivity index (χ1) is 10.3. The number of aliphatic hydroxyl groups excluding tert-OH is 1. The number of rotatable bonds is 17. The lowest BCUT2D eigenvalue weighted by molar-refractivity contribution is 0.0231. The minimum absolute atomic E-state index is 0.00646. The van der Waals surface area contributed by atoms with Crippen molar-refractivity contribution in [3.63, 3.8) is 0 Å². The van der Waals surface area contributed by atoms with Crippen molar-refractivity contribution in [3.8, 4) is 0 Å². The van der Waals surface area contributed by atoms with E-state index in [1.807, 2.05) is 6.92 Å². The summed E-state index contributed by atoms with van der Waals surface area (Å²) in [4.78, 5) is 0. The highest BCUT2D eigenvalue weighted by Gasteiger charge is 1.98. The Hall–Kier alpha value is -0.0800. The summed E-state index contributed by atoms with van der Waals surface area (Å²) >= 11 is 0. The lowest BCUT2D eigenvalue weighted by atomic mass is 10.0. The van der Waals surface area contributed by atoms with Gasteiger partial charge in [0.1, 0.15) is 0 Å². The zero-order valence-corrected chi connectivity index (χ0v) is 14.7. The molecule has 0 spiro atoms. The van der Waals surface area contributed by atoms with Crippen molar-refractivity contribution in [2.24, 2.45) is 0 Å². The van der Waals surface area contributed by atoms with Gasteiger partial charge < -0.3 is 9.84 Å². The average Bonchev–Trinajstić information content (AvgIpc) is 2.50. The molecule has 0 aliphatic rings. The Labute approximate surface area is 133 Å². The van der Waals surface area contributed by atoms with Gasteiger partial charge in [-0.05, 0) is 13.3 Å². The second kappa shape index (κ2) is 18.0. The van der Waals surface area contributed by atoms with E-state index in [4.69, 9.17) is 9.84 Å². The van der Waals surface area contributed by atoms with E-state index in [0.717, 1.165) is 13.0 Å². The second-order valence-electron chi connectivity index (χ2n) is 6.46. The van der Waals surface area contributed by atoms with E-state index in [1.54, 1.807) is 0 Å². The van der Waals surface area contributed by atoms with Crippen LogP contribution in [-0.4, -0.2) is 24.4 Å². The highest BCUT2D eigenvalue weighted by molar-refractivity contribution is 4.50. The number of hydrogen-bond acceptors (Lipinski definition) is 2. The third kappa shape index (κ3) is 17.9. The van der Waals surface area contributed by atoms with Crippen molar-refractivity contribution in [2.45, 2.75) is 110 Å². The van der Waals surface area contributed by atoms with Crippen LogP contribution in [0, 0.1) is 0 Å². The van der Waals surface area contributed by atoms with Crippen LogP contribution >= 0.6 is 0 Å². The van der Waals surface area contributed by atoms with Crippen molar-refractivity contribution >= 4 is 0 Å². The standard InChI is InChI=1S/C19H40O2/c1-3-4-5-6-7-8-9-10-11-12-13-14-15-16-17-21-19(2)18-20/h19-20H,3-18H2,1-2H3. The Kier molecular flexibility index (Phi) is 17.9. The fourth-order valence-electron chi connectivity index (χ4n) is 2.63. The van der Waals surface area contributed by atoms with Crippen LogP contribution in [0.5, 0.6) is 0 Å². The van der Waals surface area contributed by atoms with Crippen molar-refractivity contribution in [3.05, 3.63) is 0 Å². The largest absolute Gasteiger partial charge is 0.394 e. The quantitative estimate of drug-likeness (QED) is 0.341. The molecule has 1 unspecified atom stereocenters. The van der Waals surface area contributed by atoms with Gasteiger partial charge in [0, 0.05) is 6.61 Å². The third-order valence-corrected chi connectivity index (χ3v) is 4.16. The minimum atomic E-state index is 0.00646. The summed E-state index contributed by atoms with van der Waals surface area (Å²) in [6, 6.07) is 0. The van der Waals surface area contributed by atoms with Crippen molar-refractivity contribution in [2.75, 3.05) is 13.2 Å². The normalized spacial score (nSPS) is 12.7. The van der Waals surface area contributed by atoms with Gasteiger partial charge in [0.25, 0.3) is 0 Å². The fourth-order valence-corrected chi connectivity index (χ4v) is 2.63. The first-order valence-corrected chi connectivity index (χ1v) is 9.53. The fraction of sp³-hybridized carbons (Fsp3) is 1.00. The Bertz CT molecular complexity index is 182. The summed E-state index contributed by atoms with van der Waals surface area (Å²) in [7, 11) is 0. The molecule has 2 heteroatoms. The molecule has 0 rings (SSSR count). The predicted molar refractivity (Wildman–Crippen MR) is 92.8 cm³/mol. The van der Waals surface area contributed by atoms with Crippen molar-refractivity contribution in [1.82, 2.24) is 0 Å².